The van der Waals surface area contributed by atoms with E-state index in [9.17, 15) is 9.59 Å². The van der Waals surface area contributed by atoms with Gasteiger partial charge < -0.3 is 20.4 Å². The Kier molecular flexibility index (Phi) is 6.98. The summed E-state index contributed by atoms with van der Waals surface area (Å²) in [6, 6.07) is 15.6. The molecule has 0 aliphatic carbocycles. The number of nitrogens with zero attached hydrogens (tertiary/aromatic N) is 2. The van der Waals surface area contributed by atoms with Gasteiger partial charge in [0.2, 0.25) is 0 Å². The fraction of sp³-hybridized carbons (Fsp3) is 0.417. The second-order valence-corrected chi connectivity index (χ2v) is 8.25. The number of hydrogen-bond acceptors (Lipinski definition) is 3. The van der Waals surface area contributed by atoms with Gasteiger partial charge in [-0.05, 0) is 57.9 Å². The van der Waals surface area contributed by atoms with Gasteiger partial charge in [0.1, 0.15) is 0 Å². The minimum atomic E-state index is -0.175. The van der Waals surface area contributed by atoms with Crippen molar-refractivity contribution in [2.45, 2.75) is 45.7 Å². The minimum absolute atomic E-state index is 0.0401. The predicted molar refractivity (Wildman–Crippen MR) is 122 cm³/mol. The summed E-state index contributed by atoms with van der Waals surface area (Å²) in [5.74, 6) is 0.0401. The summed E-state index contributed by atoms with van der Waals surface area (Å²) in [6.07, 6.45) is 1.67. The second-order valence-electron chi connectivity index (χ2n) is 8.25. The van der Waals surface area contributed by atoms with Crippen LogP contribution >= 0.6 is 0 Å². The molecule has 0 saturated carbocycles. The third-order valence-corrected chi connectivity index (χ3v) is 5.71. The number of benzene rings is 2. The summed E-state index contributed by atoms with van der Waals surface area (Å²) in [5.41, 5.74) is 3.65. The van der Waals surface area contributed by atoms with E-state index in [4.69, 9.17) is 0 Å². The van der Waals surface area contributed by atoms with E-state index in [1.54, 1.807) is 4.90 Å². The maximum atomic E-state index is 12.9. The van der Waals surface area contributed by atoms with Crippen LogP contribution in [0.1, 0.15) is 42.6 Å². The number of piperidine rings is 1. The van der Waals surface area contributed by atoms with Crippen molar-refractivity contribution in [3.8, 4) is 0 Å². The summed E-state index contributed by atoms with van der Waals surface area (Å²) in [5, 5.41) is 5.97. The van der Waals surface area contributed by atoms with Crippen LogP contribution in [-0.4, -0.2) is 49.1 Å². The molecule has 0 spiro atoms. The molecule has 0 bridgehead atoms. The molecule has 3 amide bonds. The first kappa shape index (κ1) is 21.7. The normalized spacial score (nSPS) is 14.5. The summed E-state index contributed by atoms with van der Waals surface area (Å²) in [7, 11) is 1.84. The van der Waals surface area contributed by atoms with Crippen molar-refractivity contribution in [3.63, 3.8) is 0 Å². The third kappa shape index (κ3) is 5.32. The number of para-hydroxylation sites is 1. The van der Waals surface area contributed by atoms with E-state index in [1.807, 2.05) is 76.3 Å². The SMILES string of the molecule is Cc1ccc(NC(=O)NC2CCN(c3ccccc3C(=O)N(C)C(C)C)CC2)cc1. The van der Waals surface area contributed by atoms with Crippen LogP contribution in [0.15, 0.2) is 48.5 Å². The largest absolute Gasteiger partial charge is 0.371 e. The Hall–Kier alpha value is -3.02. The molecule has 1 saturated heterocycles. The lowest BCUT2D eigenvalue weighted by molar-refractivity contribution is 0.0755. The molecule has 0 aromatic heterocycles. The molecule has 2 N–H and O–H groups in total. The first-order chi connectivity index (χ1) is 14.3. The summed E-state index contributed by atoms with van der Waals surface area (Å²) in [6.45, 7) is 7.64. The molecule has 30 heavy (non-hydrogen) atoms. The van der Waals surface area contributed by atoms with E-state index in [0.29, 0.717) is 0 Å². The third-order valence-electron chi connectivity index (χ3n) is 5.71. The molecule has 0 radical (unpaired) electrons. The number of carbonyl (C=O) groups excluding carboxylic acids is 2. The van der Waals surface area contributed by atoms with Crippen LogP contribution in [0.2, 0.25) is 0 Å². The van der Waals surface area contributed by atoms with Gasteiger partial charge in [0.25, 0.3) is 5.91 Å². The molecular formula is C24H32N4O2. The van der Waals surface area contributed by atoms with E-state index in [2.05, 4.69) is 15.5 Å². The van der Waals surface area contributed by atoms with Gasteiger partial charge in [-0.2, -0.15) is 0 Å². The Bertz CT molecular complexity index is 871. The van der Waals surface area contributed by atoms with Gasteiger partial charge in [-0.1, -0.05) is 29.8 Å². The van der Waals surface area contributed by atoms with Crippen molar-refractivity contribution in [3.05, 3.63) is 59.7 Å². The average Bonchev–Trinajstić information content (AvgIpc) is 2.75. The topological polar surface area (TPSA) is 64.7 Å². The quantitative estimate of drug-likeness (QED) is 0.777. The Labute approximate surface area is 179 Å². The Morgan fingerprint density at radius 2 is 1.67 bits per heavy atom. The number of anilines is 2. The van der Waals surface area contributed by atoms with Gasteiger partial charge in [-0.15, -0.1) is 0 Å². The molecule has 1 fully saturated rings. The van der Waals surface area contributed by atoms with Crippen LogP contribution in [0.3, 0.4) is 0 Å². The highest BCUT2D eigenvalue weighted by molar-refractivity contribution is 5.99. The summed E-state index contributed by atoms with van der Waals surface area (Å²) in [4.78, 5) is 29.2. The van der Waals surface area contributed by atoms with E-state index < -0.39 is 0 Å². The molecule has 3 rings (SSSR count). The highest BCUT2D eigenvalue weighted by Crippen LogP contribution is 2.25. The van der Waals surface area contributed by atoms with E-state index in [0.717, 1.165) is 48.4 Å². The Balaban J connectivity index is 1.57. The zero-order valence-electron chi connectivity index (χ0n) is 18.3. The van der Waals surface area contributed by atoms with Crippen LogP contribution in [0, 0.1) is 6.92 Å². The Morgan fingerprint density at radius 3 is 2.30 bits per heavy atom. The van der Waals surface area contributed by atoms with E-state index >= 15 is 0 Å². The molecular weight excluding hydrogens is 376 g/mol. The van der Waals surface area contributed by atoms with Crippen molar-refractivity contribution in [2.75, 3.05) is 30.4 Å². The van der Waals surface area contributed by atoms with Crippen LogP contribution in [0.5, 0.6) is 0 Å². The van der Waals surface area contributed by atoms with Crippen LogP contribution < -0.4 is 15.5 Å². The molecule has 6 nitrogen and oxygen atoms in total. The van der Waals surface area contributed by atoms with Crippen LogP contribution in [-0.2, 0) is 0 Å². The maximum Gasteiger partial charge on any atom is 0.319 e. The number of hydrogen-bond donors (Lipinski definition) is 2. The molecule has 1 aliphatic heterocycles. The lowest BCUT2D eigenvalue weighted by atomic mass is 10.0. The van der Waals surface area contributed by atoms with Gasteiger partial charge in [-0.25, -0.2) is 4.79 Å². The number of carbonyl (C=O) groups is 2. The maximum absolute atomic E-state index is 12.9. The van der Waals surface area contributed by atoms with E-state index in [-0.39, 0.29) is 24.0 Å². The predicted octanol–water partition coefficient (Wildman–Crippen LogP) is 4.27. The first-order valence-electron chi connectivity index (χ1n) is 10.6. The lowest BCUT2D eigenvalue weighted by Gasteiger charge is -2.35. The fourth-order valence-electron chi connectivity index (χ4n) is 3.61. The van der Waals surface area contributed by atoms with Crippen molar-refractivity contribution in [1.82, 2.24) is 10.2 Å². The lowest BCUT2D eigenvalue weighted by Crippen LogP contribution is -2.46. The number of urea groups is 1. The molecule has 6 heteroatoms. The second kappa shape index (κ2) is 9.65. The summed E-state index contributed by atoms with van der Waals surface area (Å²) >= 11 is 0. The van der Waals surface area contributed by atoms with Crippen LogP contribution in [0.4, 0.5) is 16.2 Å². The average molecular weight is 409 g/mol. The van der Waals surface area contributed by atoms with E-state index in [1.165, 1.54) is 0 Å². The summed E-state index contributed by atoms with van der Waals surface area (Å²) < 4.78 is 0. The zero-order chi connectivity index (χ0) is 21.7. The van der Waals surface area contributed by atoms with Crippen LogP contribution in [0.25, 0.3) is 0 Å². The molecule has 1 heterocycles. The van der Waals surface area contributed by atoms with Gasteiger partial charge in [0, 0.05) is 43.6 Å². The standard InChI is InChI=1S/C24H32N4O2/c1-17(2)27(4)23(29)21-7-5-6-8-22(21)28-15-13-20(14-16-28)26-24(30)25-19-11-9-18(3)10-12-19/h5-12,17,20H,13-16H2,1-4H3,(H2,25,26,30). The number of rotatable bonds is 5. The Morgan fingerprint density at radius 1 is 1.03 bits per heavy atom. The minimum Gasteiger partial charge on any atom is -0.371 e. The van der Waals surface area contributed by atoms with Crippen molar-refractivity contribution >= 4 is 23.3 Å². The van der Waals surface area contributed by atoms with Crippen molar-refractivity contribution < 1.29 is 9.59 Å². The highest BCUT2D eigenvalue weighted by atomic mass is 16.2. The van der Waals surface area contributed by atoms with Gasteiger partial charge >= 0.3 is 6.03 Å². The molecule has 160 valence electrons. The fourth-order valence-corrected chi connectivity index (χ4v) is 3.61. The van der Waals surface area contributed by atoms with Crippen molar-refractivity contribution in [2.24, 2.45) is 0 Å². The molecule has 2 aromatic rings. The molecule has 2 aromatic carbocycles. The molecule has 0 unspecified atom stereocenters. The monoisotopic (exact) mass is 408 g/mol. The van der Waals surface area contributed by atoms with Crippen molar-refractivity contribution in [1.29, 1.82) is 0 Å². The number of aryl methyl sites for hydroxylation is 1. The first-order valence-corrected chi connectivity index (χ1v) is 10.6. The molecule has 0 atom stereocenters. The van der Waals surface area contributed by atoms with Gasteiger partial charge in [0.15, 0.2) is 0 Å². The zero-order valence-corrected chi connectivity index (χ0v) is 18.3. The number of nitrogens with one attached hydrogen (secondary N) is 2. The van der Waals surface area contributed by atoms with Gasteiger partial charge in [-0.3, -0.25) is 4.79 Å². The molecule has 1 aliphatic rings. The number of amides is 3. The smallest absolute Gasteiger partial charge is 0.319 e. The highest BCUT2D eigenvalue weighted by Gasteiger charge is 2.25. The van der Waals surface area contributed by atoms with Gasteiger partial charge in [0.05, 0.1) is 5.56 Å².